The molecule has 0 aliphatic heterocycles. The first-order valence-corrected chi connectivity index (χ1v) is 35.0. The van der Waals surface area contributed by atoms with Crippen molar-refractivity contribution in [2.75, 3.05) is 277 Å². The standard InChI is InChI=1S/C67H117N9O22/c1-4-5-8-61-72-62-63(65(98-58(2)3)74-73-64(62)68)76(61)56-60-11-9-59(10-12-60)55-70-66(77)67(13-6-7-14-67)57-97-54-53-96-52-51-95-50-49-94-48-47-93-46-45-92-44-43-91-42-41-90-40-39-89-38-37-88-36-35-87-34-33-86-32-31-85-30-29-84-28-27-83-26-25-82-24-23-81-22-21-80-20-19-79-18-17-78-16-15-71-75-69/h9-12,58H,4-8,13-57H2,1-3H3,(H2,68,73)(H,70,77). The van der Waals surface area contributed by atoms with Gasteiger partial charge in [-0.25, -0.2) is 4.98 Å². The molecule has 0 radical (unpaired) electrons. The van der Waals surface area contributed by atoms with E-state index in [1.165, 1.54) is 0 Å². The highest BCUT2D eigenvalue weighted by Crippen LogP contribution is 2.39. The van der Waals surface area contributed by atoms with Crippen molar-refractivity contribution in [1.29, 1.82) is 0 Å². The average Bonchev–Trinajstić information content (AvgIpc) is 1.62. The Morgan fingerprint density at radius 2 is 0.837 bits per heavy atom. The molecule has 98 heavy (non-hydrogen) atoms. The number of amides is 1. The van der Waals surface area contributed by atoms with E-state index in [4.69, 9.17) is 116 Å². The molecular weight excluding hydrogens is 1280 g/mol. The van der Waals surface area contributed by atoms with Crippen LogP contribution >= 0.6 is 0 Å². The van der Waals surface area contributed by atoms with E-state index >= 15 is 0 Å². The first-order valence-electron chi connectivity index (χ1n) is 35.0. The van der Waals surface area contributed by atoms with Crippen LogP contribution in [0.3, 0.4) is 0 Å². The van der Waals surface area contributed by atoms with Crippen molar-refractivity contribution in [2.24, 2.45) is 10.5 Å². The van der Waals surface area contributed by atoms with Gasteiger partial charge in [0, 0.05) is 31.0 Å². The lowest BCUT2D eigenvalue weighted by molar-refractivity contribution is -0.135. The summed E-state index contributed by atoms with van der Waals surface area (Å²) in [5, 5.41) is 15.0. The van der Waals surface area contributed by atoms with Crippen molar-refractivity contribution in [3.8, 4) is 5.88 Å². The fraction of sp³-hybridized carbons (Fsp3) is 0.821. The van der Waals surface area contributed by atoms with Gasteiger partial charge < -0.3 is 115 Å². The van der Waals surface area contributed by atoms with Gasteiger partial charge in [0.25, 0.3) is 5.88 Å². The smallest absolute Gasteiger partial charge is 0.260 e. The Morgan fingerprint density at radius 1 is 0.510 bits per heavy atom. The topological polar surface area (TPSA) is 341 Å². The van der Waals surface area contributed by atoms with Gasteiger partial charge in [0.1, 0.15) is 16.9 Å². The molecule has 2 heterocycles. The van der Waals surface area contributed by atoms with Gasteiger partial charge in [-0.1, -0.05) is 55.6 Å². The summed E-state index contributed by atoms with van der Waals surface area (Å²) >= 11 is 0. The molecule has 1 aromatic carbocycles. The number of azide groups is 1. The number of nitrogens with two attached hydrogens (primary N) is 1. The molecule has 0 unspecified atom stereocenters. The highest BCUT2D eigenvalue weighted by Gasteiger charge is 2.41. The Morgan fingerprint density at radius 3 is 1.16 bits per heavy atom. The van der Waals surface area contributed by atoms with Gasteiger partial charge in [0.2, 0.25) is 5.91 Å². The van der Waals surface area contributed by atoms with Crippen LogP contribution in [0.25, 0.3) is 21.5 Å². The fourth-order valence-corrected chi connectivity index (χ4v) is 9.49. The lowest BCUT2D eigenvalue weighted by Gasteiger charge is -2.27. The molecule has 1 aliphatic carbocycles. The number of fused-ring (bicyclic) bond motifs is 1. The Kier molecular flexibility index (Phi) is 53.4. The van der Waals surface area contributed by atoms with Gasteiger partial charge in [-0.15, -0.1) is 10.2 Å². The van der Waals surface area contributed by atoms with Crippen LogP contribution in [0.4, 0.5) is 5.82 Å². The molecule has 3 aromatic rings. The van der Waals surface area contributed by atoms with Crippen LogP contribution in [0.5, 0.6) is 5.88 Å². The second-order valence-corrected chi connectivity index (χ2v) is 22.6. The minimum Gasteiger partial charge on any atom is -0.472 e. The second kappa shape index (κ2) is 61.1. The minimum atomic E-state index is -0.537. The zero-order chi connectivity index (χ0) is 69.5. The van der Waals surface area contributed by atoms with Crippen molar-refractivity contribution in [2.45, 2.75) is 84.9 Å². The number of anilines is 1. The van der Waals surface area contributed by atoms with Crippen LogP contribution in [-0.4, -0.2) is 303 Å². The second-order valence-electron chi connectivity index (χ2n) is 22.6. The molecule has 0 atom stereocenters. The van der Waals surface area contributed by atoms with Crippen LogP contribution in [0.15, 0.2) is 29.4 Å². The molecule has 31 heteroatoms. The van der Waals surface area contributed by atoms with Gasteiger partial charge in [-0.05, 0) is 49.8 Å². The van der Waals surface area contributed by atoms with Gasteiger partial charge in [0.15, 0.2) is 5.82 Å². The molecule has 2 aromatic heterocycles. The van der Waals surface area contributed by atoms with Crippen molar-refractivity contribution in [1.82, 2.24) is 25.1 Å². The number of rotatable bonds is 72. The molecule has 0 saturated heterocycles. The minimum absolute atomic E-state index is 0.0333. The number of benzene rings is 1. The van der Waals surface area contributed by atoms with Crippen LogP contribution in [0.1, 0.15) is 76.2 Å². The summed E-state index contributed by atoms with van der Waals surface area (Å²) in [4.78, 5) is 21.2. The summed E-state index contributed by atoms with van der Waals surface area (Å²) < 4.78 is 119. The third-order valence-corrected chi connectivity index (χ3v) is 14.5. The van der Waals surface area contributed by atoms with E-state index in [1.807, 2.05) is 13.8 Å². The van der Waals surface area contributed by atoms with E-state index in [2.05, 4.69) is 61.3 Å². The monoisotopic (exact) mass is 1400 g/mol. The number of carbonyl (C=O) groups excluding carboxylic acids is 1. The van der Waals surface area contributed by atoms with E-state index in [0.29, 0.717) is 295 Å². The van der Waals surface area contributed by atoms with Gasteiger partial charge >= 0.3 is 0 Å². The highest BCUT2D eigenvalue weighted by atomic mass is 16.6. The average molecular weight is 1400 g/mol. The number of hydrogen-bond acceptors (Lipinski definition) is 27. The first-order chi connectivity index (χ1) is 48.4. The van der Waals surface area contributed by atoms with Crippen molar-refractivity contribution >= 4 is 22.8 Å². The number of imidazole rings is 1. The number of carbonyl (C=O) groups is 1. The van der Waals surface area contributed by atoms with E-state index in [1.54, 1.807) is 0 Å². The molecule has 1 aliphatic rings. The van der Waals surface area contributed by atoms with Crippen LogP contribution < -0.4 is 15.8 Å². The summed E-state index contributed by atoms with van der Waals surface area (Å²) in [7, 11) is 0. The number of nitrogens with one attached hydrogen (secondary N) is 1. The number of aryl methyl sites for hydroxylation is 1. The van der Waals surface area contributed by atoms with E-state index in [0.717, 1.165) is 67.4 Å². The zero-order valence-corrected chi connectivity index (χ0v) is 58.9. The predicted octanol–water partition coefficient (Wildman–Crippen LogP) is 5.41. The van der Waals surface area contributed by atoms with Gasteiger partial charge in [-0.3, -0.25) is 4.79 Å². The summed E-state index contributed by atoms with van der Waals surface area (Å²) in [6.07, 6.45) is 6.35. The van der Waals surface area contributed by atoms with Crippen molar-refractivity contribution < 1.29 is 104 Å². The number of nitrogen functional groups attached to an aromatic ring is 1. The number of aromatic nitrogens is 4. The number of hydrogen-bond donors (Lipinski definition) is 2. The number of unbranched alkanes of at least 4 members (excludes halogenated alkanes) is 1. The third kappa shape index (κ3) is 43.2. The Labute approximate surface area is 579 Å². The van der Waals surface area contributed by atoms with Gasteiger partial charge in [0.05, 0.1) is 276 Å². The molecule has 0 spiro atoms. The van der Waals surface area contributed by atoms with Crippen molar-refractivity contribution in [3.63, 3.8) is 0 Å². The quantitative estimate of drug-likeness (QED) is 0.0309. The van der Waals surface area contributed by atoms with E-state index in [-0.39, 0.29) is 17.8 Å². The Balaban J connectivity index is 0.787. The predicted molar refractivity (Wildman–Crippen MR) is 363 cm³/mol. The molecule has 3 N–H and O–H groups in total. The third-order valence-electron chi connectivity index (χ3n) is 14.5. The maximum absolute atomic E-state index is 13.6. The zero-order valence-electron chi connectivity index (χ0n) is 58.9. The largest absolute Gasteiger partial charge is 0.472 e. The summed E-state index contributed by atoms with van der Waals surface area (Å²) in [5.41, 5.74) is 17.4. The van der Waals surface area contributed by atoms with E-state index in [9.17, 15) is 4.79 Å². The summed E-state index contributed by atoms with van der Waals surface area (Å²) in [6, 6.07) is 8.29. The SMILES string of the molecule is CCCCc1nc2c(N)nnc(OC(C)C)c2n1Cc1ccc(CNC(=O)C2(COCCOCCOCCOCCOCCOCCOCCOCCOCCOCCOCCOCCOCCOCCOCCOCCOCCOCCOCCOCCN=[N+]=[N-])CCCC2)cc1. The molecule has 0 bridgehead atoms. The molecule has 1 fully saturated rings. The summed E-state index contributed by atoms with van der Waals surface area (Å²) in [6.45, 7) is 26.0. The number of ether oxygens (including phenoxy) is 21. The Bertz CT molecular complexity index is 2400. The molecule has 31 nitrogen and oxygen atoms in total. The molecular formula is C67H117N9O22. The van der Waals surface area contributed by atoms with Crippen molar-refractivity contribution in [3.05, 3.63) is 51.7 Å². The normalized spacial score (nSPS) is 13.0. The molecule has 562 valence electrons. The van der Waals surface area contributed by atoms with E-state index < -0.39 is 5.41 Å². The fourth-order valence-electron chi connectivity index (χ4n) is 9.49. The molecule has 4 rings (SSSR count). The lowest BCUT2D eigenvalue weighted by atomic mass is 9.86. The first kappa shape index (κ1) is 85.8. The maximum atomic E-state index is 13.6. The van der Waals surface area contributed by atoms with Crippen LogP contribution in [0, 0.1) is 5.41 Å². The lowest BCUT2D eigenvalue weighted by Crippen LogP contribution is -2.42. The number of nitrogens with zero attached hydrogens (tertiary/aromatic N) is 7. The highest BCUT2D eigenvalue weighted by molar-refractivity contribution is 5.88. The Hall–Kier alpha value is -4.65. The molecule has 1 amide bonds. The van der Waals surface area contributed by atoms with Gasteiger partial charge in [-0.2, -0.15) is 0 Å². The summed E-state index contributed by atoms with van der Waals surface area (Å²) in [5.74, 6) is 1.67. The van der Waals surface area contributed by atoms with Crippen LogP contribution in [-0.2, 0) is 119 Å². The maximum Gasteiger partial charge on any atom is 0.260 e. The van der Waals surface area contributed by atoms with Crippen LogP contribution in [0.2, 0.25) is 0 Å². The molecule has 1 saturated carbocycles.